The van der Waals surface area contributed by atoms with Crippen LogP contribution in [0.1, 0.15) is 36.8 Å². The third-order valence-corrected chi connectivity index (χ3v) is 3.09. The van der Waals surface area contributed by atoms with E-state index in [2.05, 4.69) is 5.10 Å². The van der Waals surface area contributed by atoms with Gasteiger partial charge in [0.2, 0.25) is 0 Å². The van der Waals surface area contributed by atoms with E-state index >= 15 is 0 Å². The molecule has 5 nitrogen and oxygen atoms in total. The summed E-state index contributed by atoms with van der Waals surface area (Å²) < 4.78 is 12.2. The maximum Gasteiger partial charge on any atom is 0.341 e. The molecular formula is C16H20N2O3. The first-order valence-electron chi connectivity index (χ1n) is 7.18. The number of nitrogens with zero attached hydrogens (tertiary/aromatic N) is 2. The van der Waals surface area contributed by atoms with E-state index < -0.39 is 0 Å². The molecule has 1 heterocycles. The highest BCUT2D eigenvalue weighted by Crippen LogP contribution is 2.19. The summed E-state index contributed by atoms with van der Waals surface area (Å²) in [7, 11) is 0. The van der Waals surface area contributed by atoms with Crippen molar-refractivity contribution in [3.05, 3.63) is 41.7 Å². The minimum Gasteiger partial charge on any atom is -0.494 e. The van der Waals surface area contributed by atoms with Crippen LogP contribution in [0.25, 0.3) is 5.69 Å². The second-order valence-corrected chi connectivity index (χ2v) is 4.42. The van der Waals surface area contributed by atoms with E-state index in [1.54, 1.807) is 17.8 Å². The SMILES string of the molecule is CCOC(=O)c1cnn(-c2ccc(OCC)cc2)c1CC. The molecule has 0 unspecified atom stereocenters. The molecule has 0 radical (unpaired) electrons. The van der Waals surface area contributed by atoms with Gasteiger partial charge >= 0.3 is 5.97 Å². The first-order valence-corrected chi connectivity index (χ1v) is 7.18. The molecule has 2 aromatic rings. The van der Waals surface area contributed by atoms with Crippen molar-refractivity contribution < 1.29 is 14.3 Å². The molecule has 21 heavy (non-hydrogen) atoms. The summed E-state index contributed by atoms with van der Waals surface area (Å²) in [5, 5.41) is 4.31. The van der Waals surface area contributed by atoms with Gasteiger partial charge in [0.05, 0.1) is 30.8 Å². The number of benzene rings is 1. The first-order chi connectivity index (χ1) is 10.2. The van der Waals surface area contributed by atoms with E-state index in [1.807, 2.05) is 38.1 Å². The summed E-state index contributed by atoms with van der Waals surface area (Å²) in [5.41, 5.74) is 2.26. The Hall–Kier alpha value is -2.30. The van der Waals surface area contributed by atoms with Gasteiger partial charge in [0, 0.05) is 0 Å². The van der Waals surface area contributed by atoms with E-state index in [1.165, 1.54) is 0 Å². The van der Waals surface area contributed by atoms with E-state index in [-0.39, 0.29) is 5.97 Å². The largest absolute Gasteiger partial charge is 0.494 e. The molecule has 1 aromatic heterocycles. The number of hydrogen-bond acceptors (Lipinski definition) is 4. The molecular weight excluding hydrogens is 268 g/mol. The van der Waals surface area contributed by atoms with Crippen LogP contribution in [0, 0.1) is 0 Å². The van der Waals surface area contributed by atoms with Crippen molar-refractivity contribution in [2.24, 2.45) is 0 Å². The van der Waals surface area contributed by atoms with Crippen molar-refractivity contribution in [1.82, 2.24) is 9.78 Å². The lowest BCUT2D eigenvalue weighted by Gasteiger charge is -2.09. The minimum absolute atomic E-state index is 0.327. The van der Waals surface area contributed by atoms with Crippen LogP contribution >= 0.6 is 0 Å². The lowest BCUT2D eigenvalue weighted by atomic mass is 10.2. The van der Waals surface area contributed by atoms with E-state index in [9.17, 15) is 4.79 Å². The molecule has 0 bridgehead atoms. The van der Waals surface area contributed by atoms with Crippen LogP contribution in [0.15, 0.2) is 30.5 Å². The molecule has 0 aliphatic carbocycles. The average Bonchev–Trinajstić information content (AvgIpc) is 2.92. The zero-order valence-corrected chi connectivity index (χ0v) is 12.6. The molecule has 2 rings (SSSR count). The van der Waals surface area contributed by atoms with Crippen molar-refractivity contribution in [1.29, 1.82) is 0 Å². The zero-order chi connectivity index (χ0) is 15.2. The molecule has 1 aromatic carbocycles. The Morgan fingerprint density at radius 3 is 2.43 bits per heavy atom. The van der Waals surface area contributed by atoms with Crippen molar-refractivity contribution in [3.8, 4) is 11.4 Å². The molecule has 0 spiro atoms. The van der Waals surface area contributed by atoms with Gasteiger partial charge in [-0.15, -0.1) is 0 Å². The molecule has 0 saturated heterocycles. The molecule has 0 saturated carbocycles. The van der Waals surface area contributed by atoms with Crippen LogP contribution in [0.3, 0.4) is 0 Å². The van der Waals surface area contributed by atoms with Gasteiger partial charge in [-0.05, 0) is 44.5 Å². The smallest absolute Gasteiger partial charge is 0.341 e. The average molecular weight is 288 g/mol. The van der Waals surface area contributed by atoms with Crippen molar-refractivity contribution in [2.45, 2.75) is 27.2 Å². The normalized spacial score (nSPS) is 10.4. The van der Waals surface area contributed by atoms with Gasteiger partial charge in [-0.2, -0.15) is 5.10 Å². The van der Waals surface area contributed by atoms with Gasteiger partial charge in [0.15, 0.2) is 0 Å². The number of hydrogen-bond donors (Lipinski definition) is 0. The van der Waals surface area contributed by atoms with Gasteiger partial charge < -0.3 is 9.47 Å². The van der Waals surface area contributed by atoms with Crippen molar-refractivity contribution in [2.75, 3.05) is 13.2 Å². The fraction of sp³-hybridized carbons (Fsp3) is 0.375. The lowest BCUT2D eigenvalue weighted by Crippen LogP contribution is -2.09. The Kier molecular flexibility index (Phi) is 4.98. The Morgan fingerprint density at radius 1 is 1.14 bits per heavy atom. The highest BCUT2D eigenvalue weighted by atomic mass is 16.5. The third kappa shape index (κ3) is 3.24. The standard InChI is InChI=1S/C16H20N2O3/c1-4-15-14(16(19)21-6-3)11-17-18(15)12-7-9-13(10-8-12)20-5-2/h7-11H,4-6H2,1-3H3. The van der Waals surface area contributed by atoms with Gasteiger partial charge in [-0.25, -0.2) is 9.48 Å². The van der Waals surface area contributed by atoms with Crippen molar-refractivity contribution >= 4 is 5.97 Å². The molecule has 112 valence electrons. The predicted molar refractivity (Wildman–Crippen MR) is 80.1 cm³/mol. The van der Waals surface area contributed by atoms with E-state index in [0.29, 0.717) is 25.2 Å². The van der Waals surface area contributed by atoms with Crippen molar-refractivity contribution in [3.63, 3.8) is 0 Å². The third-order valence-electron chi connectivity index (χ3n) is 3.09. The number of esters is 1. The zero-order valence-electron chi connectivity index (χ0n) is 12.6. The monoisotopic (exact) mass is 288 g/mol. The van der Waals surface area contributed by atoms with Crippen LogP contribution in [0.4, 0.5) is 0 Å². The maximum atomic E-state index is 11.9. The van der Waals surface area contributed by atoms with Crippen LogP contribution < -0.4 is 4.74 Å². The summed E-state index contributed by atoms with van der Waals surface area (Å²) in [5.74, 6) is 0.489. The van der Waals surface area contributed by atoms with Gasteiger partial charge in [0.25, 0.3) is 0 Å². The number of carbonyl (C=O) groups excluding carboxylic acids is 1. The van der Waals surface area contributed by atoms with Crippen LogP contribution in [-0.4, -0.2) is 29.0 Å². The fourth-order valence-corrected chi connectivity index (χ4v) is 2.17. The molecule has 0 aliphatic heterocycles. The number of carbonyl (C=O) groups is 1. The van der Waals surface area contributed by atoms with Crippen LogP contribution in [0.5, 0.6) is 5.75 Å². The Morgan fingerprint density at radius 2 is 1.86 bits per heavy atom. The molecule has 0 fully saturated rings. The van der Waals surface area contributed by atoms with E-state index in [4.69, 9.17) is 9.47 Å². The lowest BCUT2D eigenvalue weighted by molar-refractivity contribution is 0.0525. The Bertz CT molecular complexity index is 602. The van der Waals surface area contributed by atoms with Gasteiger partial charge in [-0.1, -0.05) is 6.92 Å². The van der Waals surface area contributed by atoms with Gasteiger partial charge in [-0.3, -0.25) is 0 Å². The maximum absolute atomic E-state index is 11.9. The molecule has 0 aliphatic rings. The predicted octanol–water partition coefficient (Wildman–Crippen LogP) is 3.01. The summed E-state index contributed by atoms with van der Waals surface area (Å²) in [4.78, 5) is 11.9. The highest BCUT2D eigenvalue weighted by molar-refractivity contribution is 5.90. The molecule has 5 heteroatoms. The summed E-state index contributed by atoms with van der Waals surface area (Å²) >= 11 is 0. The first kappa shape index (κ1) is 15.1. The summed E-state index contributed by atoms with van der Waals surface area (Å²) in [6.07, 6.45) is 2.26. The summed E-state index contributed by atoms with van der Waals surface area (Å²) in [6, 6.07) is 7.63. The molecule has 0 amide bonds. The topological polar surface area (TPSA) is 53.3 Å². The highest BCUT2D eigenvalue weighted by Gasteiger charge is 2.17. The fourth-order valence-electron chi connectivity index (χ4n) is 2.17. The Labute approximate surface area is 124 Å². The van der Waals surface area contributed by atoms with Crippen LogP contribution in [0.2, 0.25) is 0 Å². The quantitative estimate of drug-likeness (QED) is 0.767. The second-order valence-electron chi connectivity index (χ2n) is 4.42. The number of ether oxygens (including phenoxy) is 2. The Balaban J connectivity index is 2.33. The number of aromatic nitrogens is 2. The second kappa shape index (κ2) is 6.92. The van der Waals surface area contributed by atoms with E-state index in [0.717, 1.165) is 17.1 Å². The van der Waals surface area contributed by atoms with Gasteiger partial charge in [0.1, 0.15) is 11.3 Å². The van der Waals surface area contributed by atoms with Crippen LogP contribution in [-0.2, 0) is 11.2 Å². The minimum atomic E-state index is -0.327. The summed E-state index contributed by atoms with van der Waals surface area (Å²) in [6.45, 7) is 6.72. The molecule has 0 atom stereocenters. The molecule has 0 N–H and O–H groups in total. The number of rotatable bonds is 6.